The fraction of sp³-hybridized carbons (Fsp3) is 0.559. The number of fused-ring (bicyclic) bond motifs is 1. The molecule has 4 unspecified atom stereocenters. The maximum atomic E-state index is 14.1. The Morgan fingerprint density at radius 1 is 1.04 bits per heavy atom. The summed E-state index contributed by atoms with van der Waals surface area (Å²) in [5, 5.41) is 16.9. The van der Waals surface area contributed by atoms with Crippen LogP contribution in [0.2, 0.25) is 0 Å². The number of hydrogen-bond acceptors (Lipinski definition) is 14. The highest BCUT2D eigenvalue weighted by atomic mass is 16.5. The van der Waals surface area contributed by atoms with Crippen molar-refractivity contribution in [2.45, 2.75) is 117 Å². The number of nitrogens with one attached hydrogen (secondary N) is 2. The van der Waals surface area contributed by atoms with Gasteiger partial charge in [-0.05, 0) is 159 Å². The molecule has 17 heteroatoms. The van der Waals surface area contributed by atoms with Gasteiger partial charge in [-0.3, -0.25) is 39.0 Å². The monoisotopic (exact) mass is 1050 g/mol. The summed E-state index contributed by atoms with van der Waals surface area (Å²) in [6.07, 6.45) is 6.87. The minimum Gasteiger partial charge on any atom is -0.508 e. The van der Waals surface area contributed by atoms with Gasteiger partial charge in [0.15, 0.2) is 6.29 Å². The van der Waals surface area contributed by atoms with E-state index in [4.69, 9.17) is 19.2 Å². The molecule has 3 aliphatic heterocycles. The van der Waals surface area contributed by atoms with Gasteiger partial charge in [0.1, 0.15) is 23.6 Å². The fourth-order valence-corrected chi connectivity index (χ4v) is 10.3. The Morgan fingerprint density at radius 2 is 1.78 bits per heavy atom. The van der Waals surface area contributed by atoms with Crippen molar-refractivity contribution >= 4 is 41.8 Å². The summed E-state index contributed by atoms with van der Waals surface area (Å²) in [6, 6.07) is 14.6. The number of hydrogen-bond donors (Lipinski definition) is 3. The number of aldehydes is 2. The quantitative estimate of drug-likeness (QED) is 0.0699. The molecule has 2 amide bonds. The second-order valence-corrected chi connectivity index (χ2v) is 22.1. The zero-order valence-corrected chi connectivity index (χ0v) is 47.3. The highest BCUT2D eigenvalue weighted by Gasteiger charge is 2.39. The van der Waals surface area contributed by atoms with Gasteiger partial charge in [0, 0.05) is 73.2 Å². The van der Waals surface area contributed by atoms with Gasteiger partial charge in [-0.15, -0.1) is 0 Å². The van der Waals surface area contributed by atoms with E-state index >= 15 is 0 Å². The van der Waals surface area contributed by atoms with E-state index in [-0.39, 0.29) is 54.2 Å². The first-order chi connectivity index (χ1) is 36.1. The van der Waals surface area contributed by atoms with Crippen molar-refractivity contribution in [3.8, 4) is 40.0 Å². The molecule has 3 aliphatic rings. The summed E-state index contributed by atoms with van der Waals surface area (Å²) in [5.41, 5.74) is 10.0. The average molecular weight is 1050 g/mol. The molecule has 3 N–H and O–H groups in total. The number of aromatic nitrogens is 2. The van der Waals surface area contributed by atoms with E-state index in [2.05, 4.69) is 77.1 Å². The number of amides is 2. The van der Waals surface area contributed by atoms with Gasteiger partial charge >= 0.3 is 0 Å². The van der Waals surface area contributed by atoms with Crippen molar-refractivity contribution in [2.75, 3.05) is 81.8 Å². The van der Waals surface area contributed by atoms with E-state index in [1.54, 1.807) is 30.4 Å². The first-order valence-electron chi connectivity index (χ1n) is 26.5. The molecule has 0 aliphatic carbocycles. The molecule has 0 saturated carbocycles. The number of phenolic OH excluding ortho intramolecular Hbond substituents is 1. The summed E-state index contributed by atoms with van der Waals surface area (Å²) >= 11 is 0. The van der Waals surface area contributed by atoms with Crippen LogP contribution in [0.4, 0.5) is 0 Å². The standard InChI is InChI=1S/C45H62N6O6.C8H11NO2.C6H11NO/c1-11-50-39-17-16-32(24-36(39)37(25-45(6,7)26-57-27-52)42(50)35-15-12-18-46-40(35)30(5)56-10)33-20-31(21-34(53)23-33)22-38(44(55)51-19-13-14-29(4)48-51)47-43(54)41(28(2)3)49(8)9;1-9(2)8(4-3-5-10)6-11-7-8;1-7-3-2-6(4-7)5-8/h12,15-18,20-21,23-24,27-30,38,41,48,53H,11,13-14,19,22,25-26H2,1-10H3,(H,47,54);5H,6-7H2,1-2H3;5-6H,2-4H2,1H3/t29-,30?,38?,41?;;/m1../s1. The number of aryl methyl sites for hydroxylation is 1. The number of pyridine rings is 1. The summed E-state index contributed by atoms with van der Waals surface area (Å²) in [6.45, 7) is 19.5. The van der Waals surface area contributed by atoms with Crippen molar-refractivity contribution in [2.24, 2.45) is 17.3 Å². The molecule has 3 saturated heterocycles. The van der Waals surface area contributed by atoms with E-state index in [1.165, 1.54) is 0 Å². The third-order valence-corrected chi connectivity index (χ3v) is 14.5. The lowest BCUT2D eigenvalue weighted by Gasteiger charge is -2.42. The molecular weight excluding hydrogens is 965 g/mol. The first kappa shape index (κ1) is 60.9. The smallest absolute Gasteiger partial charge is 0.293 e. The number of aromatic hydroxyl groups is 1. The Hall–Kier alpha value is -6.00. The Morgan fingerprint density at radius 3 is 2.33 bits per heavy atom. The molecule has 7 rings (SSSR count). The van der Waals surface area contributed by atoms with Gasteiger partial charge < -0.3 is 38.9 Å². The fourth-order valence-electron chi connectivity index (χ4n) is 10.3. The number of likely N-dealkylation sites (N-methyl/N-ethyl adjacent to an activating group) is 2. The number of rotatable bonds is 19. The van der Waals surface area contributed by atoms with Crippen LogP contribution in [0.15, 0.2) is 54.7 Å². The molecule has 4 aromatic rings. The molecule has 5 heterocycles. The second-order valence-electron chi connectivity index (χ2n) is 22.1. The zero-order chi connectivity index (χ0) is 55.9. The van der Waals surface area contributed by atoms with Gasteiger partial charge in [-0.25, -0.2) is 5.43 Å². The average Bonchev–Trinajstić information content (AvgIpc) is 3.95. The number of ether oxygens (including phenoxy) is 3. The molecule has 3 fully saturated rings. The number of phenols is 1. The lowest BCUT2D eigenvalue weighted by atomic mass is 9.84. The van der Waals surface area contributed by atoms with Crippen LogP contribution >= 0.6 is 0 Å². The minimum atomic E-state index is -0.861. The predicted molar refractivity (Wildman–Crippen MR) is 297 cm³/mol. The first-order valence-corrected chi connectivity index (χ1v) is 26.5. The summed E-state index contributed by atoms with van der Waals surface area (Å²) in [7, 11) is 11.3. The normalized spacial score (nSPS) is 18.5. The van der Waals surface area contributed by atoms with Crippen LogP contribution in [0.25, 0.3) is 33.3 Å². The molecule has 414 valence electrons. The molecule has 17 nitrogen and oxygen atoms in total. The Balaban J connectivity index is 0.000000466. The highest BCUT2D eigenvalue weighted by Crippen LogP contribution is 2.42. The lowest BCUT2D eigenvalue weighted by Crippen LogP contribution is -2.60. The number of methoxy groups -OCH3 is 1. The molecule has 0 bridgehead atoms. The van der Waals surface area contributed by atoms with Crippen LogP contribution in [0.3, 0.4) is 0 Å². The minimum absolute atomic E-state index is 0.0235. The number of carbonyl (C=O) groups excluding carboxylic acids is 5. The number of likely N-dealkylation sites (tertiary alicyclic amines) is 1. The molecule has 76 heavy (non-hydrogen) atoms. The molecule has 0 radical (unpaired) electrons. The van der Waals surface area contributed by atoms with Crippen molar-refractivity contribution in [1.29, 1.82) is 0 Å². The van der Waals surface area contributed by atoms with Gasteiger partial charge in [-0.2, -0.15) is 0 Å². The maximum Gasteiger partial charge on any atom is 0.293 e. The number of hydrazine groups is 1. The van der Waals surface area contributed by atoms with Crippen molar-refractivity contribution in [3.63, 3.8) is 0 Å². The summed E-state index contributed by atoms with van der Waals surface area (Å²) < 4.78 is 18.4. The molecule has 5 atom stereocenters. The van der Waals surface area contributed by atoms with Gasteiger partial charge in [0.2, 0.25) is 5.91 Å². The summed E-state index contributed by atoms with van der Waals surface area (Å²) in [4.78, 5) is 70.1. The number of carbonyl (C=O) groups is 5. The Kier molecular flexibility index (Phi) is 22.3. The highest BCUT2D eigenvalue weighted by molar-refractivity contribution is 5.95. The maximum absolute atomic E-state index is 14.1. The Bertz CT molecular complexity index is 2660. The lowest BCUT2D eigenvalue weighted by molar-refractivity contribution is -0.142. The molecule has 2 aromatic heterocycles. The predicted octanol–water partition coefficient (Wildman–Crippen LogP) is 6.33. The van der Waals surface area contributed by atoms with E-state index in [1.807, 2.05) is 84.9 Å². The van der Waals surface area contributed by atoms with Crippen molar-refractivity contribution in [1.82, 2.24) is 40.0 Å². The van der Waals surface area contributed by atoms with Crippen LogP contribution in [0, 0.1) is 29.1 Å². The second kappa shape index (κ2) is 27.9. The van der Waals surface area contributed by atoms with Gasteiger partial charge in [-0.1, -0.05) is 45.7 Å². The number of nitrogens with zero attached hydrogens (tertiary/aromatic N) is 6. The molecular formula is C59H84N8O9. The largest absolute Gasteiger partial charge is 0.508 e. The van der Waals surface area contributed by atoms with Gasteiger partial charge in [0.05, 0.1) is 43.4 Å². The van der Waals surface area contributed by atoms with Crippen LogP contribution in [-0.2, 0) is 57.6 Å². The Labute approximate surface area is 451 Å². The molecule has 0 spiro atoms. The topological polar surface area (TPSA) is 188 Å². The number of benzene rings is 2. The van der Waals surface area contributed by atoms with Crippen molar-refractivity contribution < 1.29 is 43.3 Å². The van der Waals surface area contributed by atoms with Crippen LogP contribution in [-0.4, -0.2) is 171 Å². The SMILES string of the molecule is CCn1c(-c2cccnc2C(C)OC)c(CC(C)(C)COC=O)c2cc(-c3cc(O)cc(CC(NC(=O)C(C(C)C)N(C)C)C(=O)N4CCC[C@@H](C)N4)c3)ccc21.CN(C)C1(C#CC=O)COC1.CN1CCC(C=O)C1. The molecule has 2 aromatic carbocycles. The zero-order valence-electron chi connectivity index (χ0n) is 47.3. The third-order valence-electron chi connectivity index (χ3n) is 14.5. The van der Waals surface area contributed by atoms with E-state index < -0.39 is 17.5 Å². The van der Waals surface area contributed by atoms with E-state index in [0.29, 0.717) is 57.0 Å². The summed E-state index contributed by atoms with van der Waals surface area (Å²) in [5.74, 6) is 5.26. The third kappa shape index (κ3) is 15.6. The van der Waals surface area contributed by atoms with Crippen LogP contribution < -0.4 is 10.7 Å². The van der Waals surface area contributed by atoms with Crippen LogP contribution in [0.1, 0.15) is 90.7 Å². The van der Waals surface area contributed by atoms with Gasteiger partial charge in [0.25, 0.3) is 12.4 Å². The van der Waals surface area contributed by atoms with E-state index in [0.717, 1.165) is 83.2 Å². The van der Waals surface area contributed by atoms with E-state index in [9.17, 15) is 29.1 Å². The van der Waals surface area contributed by atoms with Crippen molar-refractivity contribution in [3.05, 3.63) is 71.5 Å². The van der Waals surface area contributed by atoms with Crippen LogP contribution in [0.5, 0.6) is 5.75 Å².